The molecule has 4 nitrogen and oxygen atoms in total. The van der Waals surface area contributed by atoms with Gasteiger partial charge in [-0.25, -0.2) is 0 Å². The summed E-state index contributed by atoms with van der Waals surface area (Å²) in [4.78, 5) is 15.5. The number of amides is 1. The molecule has 2 fully saturated rings. The molecular formula is C20H33N3O+2. The van der Waals surface area contributed by atoms with Gasteiger partial charge in [-0.3, -0.25) is 4.79 Å². The van der Waals surface area contributed by atoms with E-state index in [9.17, 15) is 4.79 Å². The second-order valence-electron chi connectivity index (χ2n) is 7.77. The molecule has 4 heteroatoms. The molecule has 1 aromatic carbocycles. The monoisotopic (exact) mass is 331 g/mol. The van der Waals surface area contributed by atoms with Gasteiger partial charge in [0.1, 0.15) is 32.7 Å². The van der Waals surface area contributed by atoms with Gasteiger partial charge >= 0.3 is 0 Å². The Labute approximate surface area is 146 Å². The van der Waals surface area contributed by atoms with Crippen LogP contribution >= 0.6 is 0 Å². The maximum atomic E-state index is 12.4. The van der Waals surface area contributed by atoms with Gasteiger partial charge < -0.3 is 15.1 Å². The molecule has 1 saturated heterocycles. The molecule has 3 rings (SSSR count). The van der Waals surface area contributed by atoms with E-state index in [1.165, 1.54) is 29.7 Å². The molecule has 0 radical (unpaired) electrons. The lowest BCUT2D eigenvalue weighted by Gasteiger charge is -2.32. The Bertz CT molecular complexity index is 511. The van der Waals surface area contributed by atoms with Crippen molar-refractivity contribution in [3.8, 4) is 0 Å². The van der Waals surface area contributed by atoms with E-state index in [1.54, 1.807) is 4.90 Å². The molecular weight excluding hydrogens is 298 g/mol. The van der Waals surface area contributed by atoms with Gasteiger partial charge in [0.2, 0.25) is 0 Å². The second kappa shape index (κ2) is 8.63. The van der Waals surface area contributed by atoms with E-state index in [0.29, 0.717) is 18.5 Å². The van der Waals surface area contributed by atoms with E-state index in [1.807, 2.05) is 0 Å². The zero-order valence-electron chi connectivity index (χ0n) is 15.0. The summed E-state index contributed by atoms with van der Waals surface area (Å²) in [6, 6.07) is 11.2. The zero-order chi connectivity index (χ0) is 16.8. The second-order valence-corrected chi connectivity index (χ2v) is 7.77. The first kappa shape index (κ1) is 17.4. The largest absolute Gasteiger partial charge is 0.348 e. The quantitative estimate of drug-likeness (QED) is 0.679. The Morgan fingerprint density at radius 2 is 1.71 bits per heavy atom. The molecule has 1 saturated carbocycles. The van der Waals surface area contributed by atoms with Crippen LogP contribution in [0.25, 0.3) is 0 Å². The minimum Gasteiger partial charge on any atom is -0.348 e. The molecule has 0 bridgehead atoms. The van der Waals surface area contributed by atoms with E-state index in [-0.39, 0.29) is 5.91 Å². The third-order valence-corrected chi connectivity index (χ3v) is 5.83. The van der Waals surface area contributed by atoms with Crippen LogP contribution < -0.4 is 15.1 Å². The average Bonchev–Trinajstić information content (AvgIpc) is 2.60. The summed E-state index contributed by atoms with van der Waals surface area (Å²) in [5.74, 6) is 0.903. The van der Waals surface area contributed by atoms with Gasteiger partial charge in [0, 0.05) is 11.6 Å². The molecule has 1 aliphatic carbocycles. The average molecular weight is 332 g/mol. The van der Waals surface area contributed by atoms with Crippen LogP contribution in [0.3, 0.4) is 0 Å². The minimum absolute atomic E-state index is 0.259. The van der Waals surface area contributed by atoms with Gasteiger partial charge in [0.05, 0.1) is 0 Å². The van der Waals surface area contributed by atoms with Gasteiger partial charge in [0.15, 0.2) is 6.54 Å². The lowest BCUT2D eigenvalue weighted by molar-refractivity contribution is -1.02. The first-order chi connectivity index (χ1) is 11.7. The summed E-state index contributed by atoms with van der Waals surface area (Å²) in [7, 11) is 0. The van der Waals surface area contributed by atoms with E-state index in [2.05, 4.69) is 42.6 Å². The number of quaternary nitrogens is 2. The number of hydrogen-bond donors (Lipinski definition) is 3. The van der Waals surface area contributed by atoms with Crippen LogP contribution in [0.15, 0.2) is 30.3 Å². The Hall–Kier alpha value is -1.39. The first-order valence-electron chi connectivity index (χ1n) is 9.71. The highest BCUT2D eigenvalue weighted by Gasteiger charge is 2.27. The molecule has 2 atom stereocenters. The topological polar surface area (TPSA) is 38.0 Å². The Morgan fingerprint density at radius 1 is 1.04 bits per heavy atom. The minimum atomic E-state index is 0.259. The molecule has 1 aromatic rings. The molecule has 0 unspecified atom stereocenters. The highest BCUT2D eigenvalue weighted by molar-refractivity contribution is 5.77. The molecule has 1 heterocycles. The van der Waals surface area contributed by atoms with Gasteiger partial charge in [-0.05, 0) is 18.8 Å². The summed E-state index contributed by atoms with van der Waals surface area (Å²) in [6.45, 7) is 8.59. The van der Waals surface area contributed by atoms with Crippen molar-refractivity contribution >= 4 is 5.91 Å². The van der Waals surface area contributed by atoms with Crippen molar-refractivity contribution < 1.29 is 14.6 Å². The number of carbonyl (C=O) groups excluding carboxylic acids is 1. The number of nitrogens with one attached hydrogen (secondary N) is 3. The lowest BCUT2D eigenvalue weighted by Crippen LogP contribution is -3.28. The Balaban J connectivity index is 1.38. The molecule has 24 heavy (non-hydrogen) atoms. The van der Waals surface area contributed by atoms with Gasteiger partial charge in [-0.1, -0.05) is 50.1 Å². The first-order valence-corrected chi connectivity index (χ1v) is 9.71. The summed E-state index contributed by atoms with van der Waals surface area (Å²) in [6.07, 6.45) is 5.02. The molecule has 0 aromatic heterocycles. The number of piperazine rings is 1. The number of carbonyl (C=O) groups is 1. The number of hydrogen-bond acceptors (Lipinski definition) is 1. The predicted octanol–water partition coefficient (Wildman–Crippen LogP) is -0.335. The van der Waals surface area contributed by atoms with E-state index in [0.717, 1.165) is 39.1 Å². The van der Waals surface area contributed by atoms with Gasteiger partial charge in [0.25, 0.3) is 5.91 Å². The maximum absolute atomic E-state index is 12.4. The summed E-state index contributed by atoms with van der Waals surface area (Å²) < 4.78 is 0. The van der Waals surface area contributed by atoms with E-state index >= 15 is 0 Å². The van der Waals surface area contributed by atoms with Crippen molar-refractivity contribution in [3.05, 3.63) is 35.9 Å². The summed E-state index contributed by atoms with van der Waals surface area (Å²) in [5, 5.41) is 3.30. The van der Waals surface area contributed by atoms with E-state index < -0.39 is 0 Å². The fourth-order valence-corrected chi connectivity index (χ4v) is 4.21. The highest BCUT2D eigenvalue weighted by Crippen LogP contribution is 2.23. The zero-order valence-corrected chi connectivity index (χ0v) is 15.0. The van der Waals surface area contributed by atoms with Crippen LogP contribution in [-0.4, -0.2) is 44.7 Å². The molecule has 0 spiro atoms. The van der Waals surface area contributed by atoms with Crippen molar-refractivity contribution in [1.82, 2.24) is 5.32 Å². The normalized spacial score (nSPS) is 30.7. The van der Waals surface area contributed by atoms with Crippen LogP contribution in [0.1, 0.15) is 38.2 Å². The Morgan fingerprint density at radius 3 is 2.42 bits per heavy atom. The van der Waals surface area contributed by atoms with Crippen LogP contribution in [0.2, 0.25) is 0 Å². The van der Waals surface area contributed by atoms with Crippen LogP contribution in [0, 0.1) is 5.92 Å². The maximum Gasteiger partial charge on any atom is 0.275 e. The van der Waals surface area contributed by atoms with Gasteiger partial charge in [-0.15, -0.1) is 0 Å². The van der Waals surface area contributed by atoms with Crippen molar-refractivity contribution in [2.45, 2.75) is 45.2 Å². The number of rotatable bonds is 5. The summed E-state index contributed by atoms with van der Waals surface area (Å²) in [5.41, 5.74) is 1.42. The summed E-state index contributed by atoms with van der Waals surface area (Å²) >= 11 is 0. The SMILES string of the molecule is C[C@H]1CCCC[C@H]1NC(=O)C[NH+]1CC[NH+](Cc2ccccc2)CC1. The standard InChI is InChI=1S/C20H31N3O/c1-17-7-5-6-10-19(17)21-20(24)16-23-13-11-22(12-14-23)15-18-8-3-2-4-9-18/h2-4,8-9,17,19H,5-7,10-16H2,1H3,(H,21,24)/p+2/t17-,19+/m0/s1. The van der Waals surface area contributed by atoms with Crippen molar-refractivity contribution in [2.24, 2.45) is 5.92 Å². The third kappa shape index (κ3) is 5.05. The predicted molar refractivity (Wildman–Crippen MR) is 96.0 cm³/mol. The van der Waals surface area contributed by atoms with Crippen LogP contribution in [0.5, 0.6) is 0 Å². The fraction of sp³-hybridized carbons (Fsp3) is 0.650. The Kier molecular flexibility index (Phi) is 6.27. The van der Waals surface area contributed by atoms with Crippen LogP contribution in [-0.2, 0) is 11.3 Å². The lowest BCUT2D eigenvalue weighted by atomic mass is 9.86. The highest BCUT2D eigenvalue weighted by atomic mass is 16.2. The molecule has 1 amide bonds. The molecule has 1 aliphatic heterocycles. The third-order valence-electron chi connectivity index (χ3n) is 5.83. The molecule has 132 valence electrons. The molecule has 2 aliphatic rings. The van der Waals surface area contributed by atoms with Gasteiger partial charge in [-0.2, -0.15) is 0 Å². The van der Waals surface area contributed by atoms with E-state index in [4.69, 9.17) is 0 Å². The molecule has 3 N–H and O–H groups in total. The fourth-order valence-electron chi connectivity index (χ4n) is 4.21. The smallest absolute Gasteiger partial charge is 0.275 e. The van der Waals surface area contributed by atoms with Crippen molar-refractivity contribution in [2.75, 3.05) is 32.7 Å². The van der Waals surface area contributed by atoms with Crippen LogP contribution in [0.4, 0.5) is 0 Å². The number of benzene rings is 1. The van der Waals surface area contributed by atoms with Crippen molar-refractivity contribution in [1.29, 1.82) is 0 Å². The van der Waals surface area contributed by atoms with Crippen molar-refractivity contribution in [3.63, 3.8) is 0 Å².